The van der Waals surface area contributed by atoms with Crippen LogP contribution in [0.3, 0.4) is 0 Å². The van der Waals surface area contributed by atoms with Gasteiger partial charge in [0, 0.05) is 0 Å². The van der Waals surface area contributed by atoms with Crippen LogP contribution in [-0.4, -0.2) is 70.8 Å². The molecule has 162 valence electrons. The first kappa shape index (κ1) is 22.8. The maximum absolute atomic E-state index is 11.6. The van der Waals surface area contributed by atoms with E-state index < -0.39 is 43.3 Å². The van der Waals surface area contributed by atoms with Crippen molar-refractivity contribution in [1.29, 1.82) is 0 Å². The van der Waals surface area contributed by atoms with E-state index in [1.165, 1.54) is 7.11 Å². The predicted octanol–water partition coefficient (Wildman–Crippen LogP) is 1.63. The minimum absolute atomic E-state index is 0.00223. The molecule has 2 aromatic rings. The number of aliphatic hydroxyl groups is 4. The Morgan fingerprint density at radius 1 is 1.00 bits per heavy atom. The fourth-order valence-electron chi connectivity index (χ4n) is 3.04. The highest BCUT2D eigenvalue weighted by Gasteiger charge is 2.45. The number of rotatable bonds is 5. The van der Waals surface area contributed by atoms with Gasteiger partial charge in [-0.25, -0.2) is 4.79 Å². The molecule has 0 bridgehead atoms. The first-order chi connectivity index (χ1) is 14.3. The van der Waals surface area contributed by atoms with Crippen LogP contribution in [0, 0.1) is 0 Å². The fourth-order valence-corrected chi connectivity index (χ4v) is 3.61. The van der Waals surface area contributed by atoms with Crippen LogP contribution in [0.15, 0.2) is 36.4 Å². The van der Waals surface area contributed by atoms with Crippen LogP contribution in [0.25, 0.3) is 11.1 Å². The molecule has 1 saturated heterocycles. The lowest BCUT2D eigenvalue weighted by Gasteiger charge is -2.39. The second-order valence-electron chi connectivity index (χ2n) is 6.65. The maximum atomic E-state index is 11.6. The van der Waals surface area contributed by atoms with Crippen molar-refractivity contribution in [3.05, 3.63) is 52.0 Å². The van der Waals surface area contributed by atoms with Gasteiger partial charge >= 0.3 is 5.97 Å². The molecule has 10 heteroatoms. The molecule has 5 atom stereocenters. The second-order valence-corrected chi connectivity index (χ2v) is 7.47. The summed E-state index contributed by atoms with van der Waals surface area (Å²) in [6.45, 7) is -0.590. The molecule has 1 fully saturated rings. The van der Waals surface area contributed by atoms with Crippen molar-refractivity contribution in [2.45, 2.75) is 30.7 Å². The molecular formula is C20H20Cl2O8. The number of benzene rings is 2. The topological polar surface area (TPSA) is 126 Å². The van der Waals surface area contributed by atoms with Crippen LogP contribution in [0.2, 0.25) is 10.0 Å². The molecule has 2 unspecified atom stereocenters. The largest absolute Gasteiger partial charge is 0.465 e. The molecular weight excluding hydrogens is 439 g/mol. The van der Waals surface area contributed by atoms with Crippen molar-refractivity contribution in [2.75, 3.05) is 13.7 Å². The third-order valence-corrected chi connectivity index (χ3v) is 5.28. The van der Waals surface area contributed by atoms with Crippen molar-refractivity contribution in [1.82, 2.24) is 0 Å². The normalized spacial score (nSPS) is 26.3. The third-order valence-electron chi connectivity index (χ3n) is 4.72. The smallest absolute Gasteiger partial charge is 0.337 e. The number of carbonyl (C=O) groups is 1. The highest BCUT2D eigenvalue weighted by atomic mass is 35.5. The lowest BCUT2D eigenvalue weighted by molar-refractivity contribution is -0.277. The van der Waals surface area contributed by atoms with Crippen LogP contribution < -0.4 is 4.74 Å². The lowest BCUT2D eigenvalue weighted by atomic mass is 9.99. The summed E-state index contributed by atoms with van der Waals surface area (Å²) in [7, 11) is 1.30. The van der Waals surface area contributed by atoms with Gasteiger partial charge in [0.15, 0.2) is 5.75 Å². The molecule has 0 aliphatic carbocycles. The summed E-state index contributed by atoms with van der Waals surface area (Å²) in [6, 6.07) is 9.74. The molecule has 4 N–H and O–H groups in total. The van der Waals surface area contributed by atoms with Crippen molar-refractivity contribution < 1.29 is 39.4 Å². The standard InChI is InChI=1S/C20H20Cl2O8/c1-28-19(27)10-4-2-9(3-5-10)11-6-12(21)18(13(22)7-11)30-20-17(26)16(25)15(24)14(8-23)29-20/h2-7,14-17,20,23-26H,8H2,1H3/t14?,15-,16+,17?,20-/m1/s1. The Balaban J connectivity index is 1.84. The number of halogens is 2. The zero-order valence-electron chi connectivity index (χ0n) is 15.7. The van der Waals surface area contributed by atoms with E-state index in [1.807, 2.05) is 0 Å². The summed E-state index contributed by atoms with van der Waals surface area (Å²) in [4.78, 5) is 11.6. The Morgan fingerprint density at radius 3 is 2.13 bits per heavy atom. The van der Waals surface area contributed by atoms with E-state index in [0.29, 0.717) is 11.1 Å². The van der Waals surface area contributed by atoms with Gasteiger partial charge in [0.25, 0.3) is 0 Å². The first-order valence-corrected chi connectivity index (χ1v) is 9.67. The second kappa shape index (κ2) is 9.49. The van der Waals surface area contributed by atoms with E-state index in [0.717, 1.165) is 5.56 Å². The summed E-state index contributed by atoms with van der Waals surface area (Å²) in [5.74, 6) is -0.460. The minimum Gasteiger partial charge on any atom is -0.465 e. The summed E-state index contributed by atoms with van der Waals surface area (Å²) >= 11 is 12.6. The van der Waals surface area contributed by atoms with Crippen molar-refractivity contribution >= 4 is 29.2 Å². The third kappa shape index (κ3) is 4.55. The maximum Gasteiger partial charge on any atom is 0.337 e. The first-order valence-electron chi connectivity index (χ1n) is 8.91. The van der Waals surface area contributed by atoms with Gasteiger partial charge in [-0.1, -0.05) is 35.3 Å². The molecule has 1 aliphatic rings. The molecule has 0 aromatic heterocycles. The quantitative estimate of drug-likeness (QED) is 0.498. The van der Waals surface area contributed by atoms with E-state index in [9.17, 15) is 25.2 Å². The Morgan fingerprint density at radius 2 is 1.60 bits per heavy atom. The van der Waals surface area contributed by atoms with Crippen LogP contribution in [0.4, 0.5) is 0 Å². The predicted molar refractivity (Wildman–Crippen MR) is 108 cm³/mol. The molecule has 30 heavy (non-hydrogen) atoms. The van der Waals surface area contributed by atoms with Gasteiger partial charge in [0.05, 0.1) is 29.3 Å². The number of aliphatic hydroxyl groups excluding tert-OH is 4. The van der Waals surface area contributed by atoms with Crippen LogP contribution in [0.1, 0.15) is 10.4 Å². The Hall–Kier alpha value is -1.91. The SMILES string of the molecule is COC(=O)c1ccc(-c2cc(Cl)c(O[C@H]3OC(CO)[C@@H](O)[C@H](O)C3O)c(Cl)c2)cc1. The Labute approximate surface area is 182 Å². The van der Waals surface area contributed by atoms with Gasteiger partial charge < -0.3 is 34.6 Å². The summed E-state index contributed by atoms with van der Waals surface area (Å²) < 4.78 is 15.5. The van der Waals surface area contributed by atoms with Crippen molar-refractivity contribution in [3.8, 4) is 16.9 Å². The minimum atomic E-state index is -1.60. The van der Waals surface area contributed by atoms with Gasteiger partial charge in [-0.2, -0.15) is 0 Å². The van der Waals surface area contributed by atoms with Gasteiger partial charge in [-0.15, -0.1) is 0 Å². The summed E-state index contributed by atoms with van der Waals surface area (Å²) in [6.07, 6.45) is -7.24. The van der Waals surface area contributed by atoms with E-state index in [1.54, 1.807) is 36.4 Å². The van der Waals surface area contributed by atoms with E-state index >= 15 is 0 Å². The number of ether oxygens (including phenoxy) is 3. The molecule has 1 heterocycles. The molecule has 8 nitrogen and oxygen atoms in total. The van der Waals surface area contributed by atoms with Gasteiger partial charge in [-0.05, 0) is 35.4 Å². The fraction of sp³-hybridized carbons (Fsp3) is 0.350. The van der Waals surface area contributed by atoms with Crippen molar-refractivity contribution in [2.24, 2.45) is 0 Å². The summed E-state index contributed by atoms with van der Waals surface area (Å²) in [5.41, 5.74) is 1.76. The lowest BCUT2D eigenvalue weighted by Crippen LogP contribution is -2.60. The van der Waals surface area contributed by atoms with E-state index in [2.05, 4.69) is 4.74 Å². The van der Waals surface area contributed by atoms with Crippen LogP contribution in [-0.2, 0) is 9.47 Å². The van der Waals surface area contributed by atoms with E-state index in [-0.39, 0.29) is 15.8 Å². The molecule has 0 saturated carbocycles. The van der Waals surface area contributed by atoms with Crippen LogP contribution >= 0.6 is 23.2 Å². The number of carbonyl (C=O) groups excluding carboxylic acids is 1. The number of hydrogen-bond donors (Lipinski definition) is 4. The van der Waals surface area contributed by atoms with Gasteiger partial charge in [0.1, 0.15) is 24.4 Å². The Bertz CT molecular complexity index is 879. The average molecular weight is 459 g/mol. The number of methoxy groups -OCH3 is 1. The Kier molecular flexibility index (Phi) is 7.20. The monoisotopic (exact) mass is 458 g/mol. The highest BCUT2D eigenvalue weighted by Crippen LogP contribution is 2.39. The van der Waals surface area contributed by atoms with E-state index in [4.69, 9.17) is 32.7 Å². The average Bonchev–Trinajstić information content (AvgIpc) is 2.75. The molecule has 1 aliphatic heterocycles. The van der Waals surface area contributed by atoms with Crippen LogP contribution in [0.5, 0.6) is 5.75 Å². The highest BCUT2D eigenvalue weighted by molar-refractivity contribution is 6.37. The molecule has 2 aromatic carbocycles. The summed E-state index contributed by atoms with van der Waals surface area (Å²) in [5, 5.41) is 39.3. The number of esters is 1. The number of hydrogen-bond acceptors (Lipinski definition) is 8. The molecule has 0 spiro atoms. The molecule has 3 rings (SSSR count). The molecule has 0 amide bonds. The van der Waals surface area contributed by atoms with Gasteiger partial charge in [-0.3, -0.25) is 0 Å². The zero-order chi connectivity index (χ0) is 22.0. The zero-order valence-corrected chi connectivity index (χ0v) is 17.2. The van der Waals surface area contributed by atoms with Gasteiger partial charge in [0.2, 0.25) is 6.29 Å². The van der Waals surface area contributed by atoms with Crippen molar-refractivity contribution in [3.63, 3.8) is 0 Å². The molecule has 0 radical (unpaired) electrons.